The Balaban J connectivity index is 1.60. The highest BCUT2D eigenvalue weighted by atomic mass is 16.5. The van der Waals surface area contributed by atoms with Crippen LogP contribution >= 0.6 is 0 Å². The summed E-state index contributed by atoms with van der Waals surface area (Å²) in [4.78, 5) is 11.0. The molecule has 0 fully saturated rings. The smallest absolute Gasteiger partial charge is 0.293 e. The Bertz CT molecular complexity index is 779. The predicted molar refractivity (Wildman–Crippen MR) is 134 cm³/mol. The Morgan fingerprint density at radius 3 is 1.82 bits per heavy atom. The summed E-state index contributed by atoms with van der Waals surface area (Å²) in [5.41, 5.74) is 1.42. The molecule has 2 rings (SSSR count). The summed E-state index contributed by atoms with van der Waals surface area (Å²) < 4.78 is 5.43. The first-order valence-corrected chi connectivity index (χ1v) is 12.4. The third-order valence-electron chi connectivity index (χ3n) is 6.97. The molecule has 2 N–H and O–H groups in total. The van der Waals surface area contributed by atoms with Crippen molar-refractivity contribution in [3.8, 4) is 0 Å². The lowest BCUT2D eigenvalue weighted by Crippen LogP contribution is -2.26. The van der Waals surface area contributed by atoms with Gasteiger partial charge in [0.15, 0.2) is 0 Å². The molecule has 0 aromatic heterocycles. The monoisotopic (exact) mass is 454 g/mol. The van der Waals surface area contributed by atoms with Crippen molar-refractivity contribution in [2.75, 3.05) is 6.61 Å². The lowest BCUT2D eigenvalue weighted by atomic mass is 9.79. The van der Waals surface area contributed by atoms with E-state index in [-0.39, 0.29) is 18.1 Å². The molecule has 3 atom stereocenters. The lowest BCUT2D eigenvalue weighted by Gasteiger charge is -2.28. The maximum Gasteiger partial charge on any atom is 0.293 e. The van der Waals surface area contributed by atoms with Gasteiger partial charge in [-0.15, -0.1) is 0 Å². The van der Waals surface area contributed by atoms with Crippen LogP contribution in [-0.2, 0) is 20.5 Å². The van der Waals surface area contributed by atoms with Crippen LogP contribution in [0.1, 0.15) is 89.2 Å². The van der Waals surface area contributed by atoms with E-state index in [1.165, 1.54) is 5.56 Å². The zero-order chi connectivity index (χ0) is 24.0. The van der Waals surface area contributed by atoms with E-state index in [1.54, 1.807) is 0 Å². The molecule has 0 aliphatic rings. The van der Waals surface area contributed by atoms with Crippen molar-refractivity contribution in [3.63, 3.8) is 0 Å². The topological polar surface area (TPSA) is 66.8 Å². The highest BCUT2D eigenvalue weighted by molar-refractivity contribution is 5.40. The fraction of sp³-hybridized carbons (Fsp3) is 0.552. The minimum Gasteiger partial charge on any atom is -0.457 e. The number of hydrogen-bond donors (Lipinski definition) is 2. The first-order valence-electron chi connectivity index (χ1n) is 12.4. The summed E-state index contributed by atoms with van der Waals surface area (Å²) in [6.07, 6.45) is 9.18. The van der Waals surface area contributed by atoms with Gasteiger partial charge in [0, 0.05) is 5.41 Å². The van der Waals surface area contributed by atoms with Crippen molar-refractivity contribution < 1.29 is 19.7 Å². The molecule has 0 spiro atoms. The highest BCUT2D eigenvalue weighted by Crippen LogP contribution is 2.31. The second kappa shape index (κ2) is 14.2. The number of carbonyl (C=O) groups is 1. The summed E-state index contributed by atoms with van der Waals surface area (Å²) in [5.74, 6) is 0. The SMILES string of the molecule is CC(CO)(CCCCCC(O)CCCCCC(C)(OC=O)c1ccccc1)c1ccccc1. The van der Waals surface area contributed by atoms with Crippen molar-refractivity contribution in [1.29, 1.82) is 0 Å². The molecule has 3 unspecified atom stereocenters. The van der Waals surface area contributed by atoms with Gasteiger partial charge in [-0.25, -0.2) is 0 Å². The van der Waals surface area contributed by atoms with Crippen molar-refractivity contribution >= 4 is 6.47 Å². The summed E-state index contributed by atoms with van der Waals surface area (Å²) >= 11 is 0. The molecule has 2 aromatic carbocycles. The van der Waals surface area contributed by atoms with Gasteiger partial charge in [0.25, 0.3) is 6.47 Å². The van der Waals surface area contributed by atoms with Crippen LogP contribution in [0.2, 0.25) is 0 Å². The van der Waals surface area contributed by atoms with E-state index < -0.39 is 5.60 Å². The molecule has 0 aliphatic heterocycles. The largest absolute Gasteiger partial charge is 0.457 e. The van der Waals surface area contributed by atoms with Gasteiger partial charge in [0.2, 0.25) is 0 Å². The molecule has 0 saturated heterocycles. The summed E-state index contributed by atoms with van der Waals surface area (Å²) in [6, 6.07) is 20.1. The summed E-state index contributed by atoms with van der Waals surface area (Å²) in [7, 11) is 0. The molecule has 0 heterocycles. The highest BCUT2D eigenvalue weighted by Gasteiger charge is 2.27. The van der Waals surface area contributed by atoms with E-state index in [2.05, 4.69) is 19.1 Å². The van der Waals surface area contributed by atoms with Crippen LogP contribution in [0.3, 0.4) is 0 Å². The standard InChI is InChI=1S/C29H42O4/c1-28(23-30,25-15-7-3-8-16-25)21-13-5-11-19-27(32)20-12-6-14-22-29(2,33-24-31)26-17-9-4-10-18-26/h3-4,7-10,15-18,24,27,30,32H,5-6,11-14,19-23H2,1-2H3. The van der Waals surface area contributed by atoms with Gasteiger partial charge >= 0.3 is 0 Å². The predicted octanol–water partition coefficient (Wildman–Crippen LogP) is 6.29. The fourth-order valence-corrected chi connectivity index (χ4v) is 4.56. The Morgan fingerprint density at radius 1 is 0.788 bits per heavy atom. The molecule has 0 radical (unpaired) electrons. The van der Waals surface area contributed by atoms with Gasteiger partial charge in [0.05, 0.1) is 12.7 Å². The summed E-state index contributed by atoms with van der Waals surface area (Å²) in [6.45, 7) is 4.78. The Labute approximate surface area is 200 Å². The van der Waals surface area contributed by atoms with Crippen molar-refractivity contribution in [2.45, 2.75) is 95.2 Å². The lowest BCUT2D eigenvalue weighted by molar-refractivity contribution is -0.143. The molecule has 0 amide bonds. The average molecular weight is 455 g/mol. The first kappa shape index (κ1) is 27.1. The van der Waals surface area contributed by atoms with Gasteiger partial charge < -0.3 is 14.9 Å². The van der Waals surface area contributed by atoms with Crippen LogP contribution in [0.4, 0.5) is 0 Å². The molecule has 0 bridgehead atoms. The average Bonchev–Trinajstić information content (AvgIpc) is 2.84. The third kappa shape index (κ3) is 8.94. The van der Waals surface area contributed by atoms with Crippen LogP contribution in [-0.4, -0.2) is 29.4 Å². The molecule has 4 nitrogen and oxygen atoms in total. The second-order valence-corrected chi connectivity index (χ2v) is 9.75. The van der Waals surface area contributed by atoms with Gasteiger partial charge in [-0.05, 0) is 50.2 Å². The van der Waals surface area contributed by atoms with E-state index in [4.69, 9.17) is 4.74 Å². The van der Waals surface area contributed by atoms with E-state index >= 15 is 0 Å². The van der Waals surface area contributed by atoms with Gasteiger partial charge in [0.1, 0.15) is 5.60 Å². The van der Waals surface area contributed by atoms with E-state index in [9.17, 15) is 15.0 Å². The minimum atomic E-state index is -0.593. The number of benzene rings is 2. The molecule has 0 saturated carbocycles. The molecular weight excluding hydrogens is 412 g/mol. The molecule has 2 aromatic rings. The zero-order valence-corrected chi connectivity index (χ0v) is 20.4. The number of hydrogen-bond acceptors (Lipinski definition) is 4. The van der Waals surface area contributed by atoms with Crippen LogP contribution in [0, 0.1) is 0 Å². The molecule has 4 heteroatoms. The first-order chi connectivity index (χ1) is 15.9. The maximum atomic E-state index is 11.0. The normalized spacial score (nSPS) is 15.9. The van der Waals surface area contributed by atoms with Gasteiger partial charge in [-0.2, -0.15) is 0 Å². The van der Waals surface area contributed by atoms with Crippen molar-refractivity contribution in [1.82, 2.24) is 0 Å². The minimum absolute atomic E-state index is 0.154. The number of carbonyl (C=O) groups excluding carboxylic acids is 1. The number of aliphatic hydroxyl groups excluding tert-OH is 2. The van der Waals surface area contributed by atoms with Crippen molar-refractivity contribution in [3.05, 3.63) is 71.8 Å². The quantitative estimate of drug-likeness (QED) is 0.218. The number of ether oxygens (including phenoxy) is 1. The number of rotatable bonds is 17. The maximum absolute atomic E-state index is 11.0. The van der Waals surface area contributed by atoms with Crippen LogP contribution in [0.5, 0.6) is 0 Å². The van der Waals surface area contributed by atoms with E-state index in [0.717, 1.165) is 69.8 Å². The van der Waals surface area contributed by atoms with Gasteiger partial charge in [-0.1, -0.05) is 99.7 Å². The Morgan fingerprint density at radius 2 is 1.30 bits per heavy atom. The van der Waals surface area contributed by atoms with Crippen LogP contribution < -0.4 is 0 Å². The van der Waals surface area contributed by atoms with Gasteiger partial charge in [-0.3, -0.25) is 4.79 Å². The van der Waals surface area contributed by atoms with Crippen molar-refractivity contribution in [2.24, 2.45) is 0 Å². The van der Waals surface area contributed by atoms with Crippen LogP contribution in [0.25, 0.3) is 0 Å². The number of unbranched alkanes of at least 4 members (excludes halogenated alkanes) is 4. The van der Waals surface area contributed by atoms with E-state index in [0.29, 0.717) is 6.47 Å². The molecule has 182 valence electrons. The van der Waals surface area contributed by atoms with E-state index in [1.807, 2.05) is 55.5 Å². The Hall–Kier alpha value is -2.17. The molecular formula is C29H42O4. The Kier molecular flexibility index (Phi) is 11.6. The number of aliphatic hydroxyl groups is 2. The fourth-order valence-electron chi connectivity index (χ4n) is 4.56. The zero-order valence-electron chi connectivity index (χ0n) is 20.4. The molecule has 0 aliphatic carbocycles. The van der Waals surface area contributed by atoms with Crippen LogP contribution in [0.15, 0.2) is 60.7 Å². The third-order valence-corrected chi connectivity index (χ3v) is 6.97. The second-order valence-electron chi connectivity index (χ2n) is 9.75. The summed E-state index contributed by atoms with van der Waals surface area (Å²) in [5, 5.41) is 20.2. The molecule has 33 heavy (non-hydrogen) atoms.